The smallest absolute Gasteiger partial charge is 0.868 e. The first kappa shape index (κ1) is 91.2. The molecule has 0 radical (unpaired) electrons. The van der Waals surface area contributed by atoms with Gasteiger partial charge in [0, 0.05) is 82.9 Å². The Kier molecular flexibility index (Phi) is 26.2. The Morgan fingerprint density at radius 1 is 0.254 bits per heavy atom. The molecule has 0 unspecified atom stereocenters. The third-order valence-corrected chi connectivity index (χ3v) is 32.5. The van der Waals surface area contributed by atoms with Gasteiger partial charge in [0.25, 0.3) is 0 Å². The number of hydrogen-bond donors (Lipinski definition) is 0. The van der Waals surface area contributed by atoms with E-state index in [1.807, 2.05) is 249 Å². The average Bonchev–Trinajstić information content (AvgIpc) is 1.51. The SMILES string of the molecule is O=P(c1ccccc1)(c1ccccc1)c1ccccc1Oc1ccccc1P(=O)(c1ccccc1)c1ccccc1.[Li+].[O-]c1cccc2ccc[nH+]c12.c1ccc(-c2nc(-c3ccccc3)nc(-c3ccc4c(c3)-c3ccccc3C43c4ccccc4-c4ccccc43)n2)cc1.c1ccc(N(c2ccc(-c3ccc(N(c4ccccc4)c4cccc5ccccc45)cc3)cc2)c2cccc3ccccc23)cc1. The number of pyridine rings is 1. The van der Waals surface area contributed by atoms with E-state index in [0.717, 1.165) is 77.4 Å². The molecule has 2 heterocycles. The predicted octanol–water partition coefficient (Wildman–Crippen LogP) is 26.3. The molecular weight excluding hydrogens is 1770 g/mol. The maximum absolute atomic E-state index is 15.2. The van der Waals surface area contributed by atoms with Crippen LogP contribution in [0.25, 0.3) is 100.0 Å². The van der Waals surface area contributed by atoms with Gasteiger partial charge in [-0.15, -0.1) is 0 Å². The van der Waals surface area contributed by atoms with Crippen molar-refractivity contribution in [3.8, 4) is 84.8 Å². The molecule has 0 saturated carbocycles. The molecule has 1 N–H and O–H groups in total. The van der Waals surface area contributed by atoms with Crippen molar-refractivity contribution in [1.82, 2.24) is 15.0 Å². The normalized spacial score (nSPS) is 11.7. The third-order valence-electron chi connectivity index (χ3n) is 26.3. The van der Waals surface area contributed by atoms with E-state index in [9.17, 15) is 5.11 Å². The molecule has 2 aromatic heterocycles. The second kappa shape index (κ2) is 40.9. The summed E-state index contributed by atoms with van der Waals surface area (Å²) in [6.07, 6.45) is 1.75. The molecule has 21 aromatic carbocycles. The van der Waals surface area contributed by atoms with Crippen molar-refractivity contribution in [2.24, 2.45) is 0 Å². The summed E-state index contributed by atoms with van der Waals surface area (Å²) < 4.78 is 37.1. The molecule has 0 aliphatic heterocycles. The molecule has 25 rings (SSSR count). The molecule has 1 spiro atoms. The second-order valence-corrected chi connectivity index (χ2v) is 40.1. The fraction of sp³-hybridized carbons (Fsp3) is 0.00775. The summed E-state index contributed by atoms with van der Waals surface area (Å²) in [4.78, 5) is 22.5. The van der Waals surface area contributed by atoms with Gasteiger partial charge in [-0.2, -0.15) is 0 Å². The zero-order valence-electron chi connectivity index (χ0n) is 77.8. The van der Waals surface area contributed by atoms with Gasteiger partial charge < -0.3 is 28.8 Å². The van der Waals surface area contributed by atoms with Crippen LogP contribution in [-0.2, 0) is 14.5 Å². The molecule has 10 nitrogen and oxygen atoms in total. The van der Waals surface area contributed by atoms with Crippen LogP contribution in [-0.4, -0.2) is 15.0 Å². The minimum atomic E-state index is -3.32. The van der Waals surface area contributed by atoms with Crippen LogP contribution in [0, 0.1) is 0 Å². The molecule has 2 aliphatic carbocycles. The fourth-order valence-corrected chi connectivity index (χ4v) is 25.4. The van der Waals surface area contributed by atoms with E-state index in [1.165, 1.54) is 77.2 Å². The Labute approximate surface area is 838 Å². The fourth-order valence-electron chi connectivity index (χ4n) is 19.9. The molecule has 0 atom stereocenters. The molecule has 0 amide bonds. The number of para-hydroxylation sites is 5. The molecule has 2 aliphatic rings. The standard InChI is InChI=1S/C44H32N2.C40H25N3.C36H28O3P2.C9H7NO.Li/c1-3-17-37(18-4-1)45(43-23-11-15-35-13-7-9-21-41(35)43)39-29-25-33(26-30-39)34-27-31-40(32-28-34)46(38-19-5-2-6-20-38)44-24-12-16-36-14-8-10-22-42(36)44;1-3-13-26(14-4-1)37-41-38(27-15-5-2-6-16-27)43-39(42-37)28-23-24-36-32(25-28)31-19-9-12-22-35(31)40(36)33-20-10-7-17-29(33)30-18-8-11-21-34(30)40;37-40(29-17-5-1-6-18-29,30-19-7-2-8-20-30)35-27-15-13-25-33(35)39-34-26-14-16-28-36(34)41(38,31-21-9-3-10-22-31)32-23-11-4-12-24-32;11-8-5-1-3-7-4-2-6-10-9(7)8;/h1-32H;1-25H;1-28H;1-6,11H;/q;;;;+1. The van der Waals surface area contributed by atoms with Crippen molar-refractivity contribution in [1.29, 1.82) is 0 Å². The summed E-state index contributed by atoms with van der Waals surface area (Å²) in [5.74, 6) is 2.97. The number of fused-ring (bicyclic) bond motifs is 13. The number of aromatic nitrogens is 4. The van der Waals surface area contributed by atoms with E-state index >= 15 is 9.13 Å². The summed E-state index contributed by atoms with van der Waals surface area (Å²) in [5.41, 5.74) is 22.8. The van der Waals surface area contributed by atoms with Crippen LogP contribution < -0.4 is 75.3 Å². The summed E-state index contributed by atoms with van der Waals surface area (Å²) in [5, 5.41) is 21.0. The topological polar surface area (TPSA) is 126 Å². The van der Waals surface area contributed by atoms with Crippen LogP contribution in [0.4, 0.5) is 34.1 Å². The van der Waals surface area contributed by atoms with Crippen molar-refractivity contribution in [3.05, 3.63) is 574 Å². The first-order chi connectivity index (χ1) is 69.6. The zero-order valence-corrected chi connectivity index (χ0v) is 79.6. The van der Waals surface area contributed by atoms with E-state index in [0.29, 0.717) is 45.1 Å². The number of rotatable bonds is 18. The van der Waals surface area contributed by atoms with E-state index < -0.39 is 14.3 Å². The molecule has 142 heavy (non-hydrogen) atoms. The van der Waals surface area contributed by atoms with Gasteiger partial charge in [0.15, 0.2) is 38.0 Å². The molecule has 672 valence electrons. The Bertz CT molecular complexity index is 8030. The van der Waals surface area contributed by atoms with E-state index in [4.69, 9.17) is 19.7 Å². The number of benzene rings is 21. The van der Waals surface area contributed by atoms with Crippen LogP contribution >= 0.6 is 14.3 Å². The van der Waals surface area contributed by atoms with Crippen LogP contribution in [0.1, 0.15) is 22.3 Å². The van der Waals surface area contributed by atoms with Crippen LogP contribution in [0.2, 0.25) is 0 Å². The van der Waals surface area contributed by atoms with Crippen molar-refractivity contribution in [3.63, 3.8) is 0 Å². The van der Waals surface area contributed by atoms with Crippen molar-refractivity contribution in [2.45, 2.75) is 5.41 Å². The minimum Gasteiger partial charge on any atom is -0.868 e. The van der Waals surface area contributed by atoms with Crippen molar-refractivity contribution < 1.29 is 42.8 Å². The van der Waals surface area contributed by atoms with E-state index in [2.05, 4.69) is 300 Å². The number of anilines is 6. The molecule has 0 saturated heterocycles. The van der Waals surface area contributed by atoms with Crippen LogP contribution in [0.3, 0.4) is 0 Å². The van der Waals surface area contributed by atoms with Gasteiger partial charge in [-0.25, -0.2) is 19.9 Å². The first-order valence-electron chi connectivity index (χ1n) is 47.2. The zero-order chi connectivity index (χ0) is 94.9. The number of nitrogens with one attached hydrogen (secondary N) is 1. The average molecular weight is 1860 g/mol. The molecule has 13 heteroatoms. The molecule has 0 fully saturated rings. The Morgan fingerprint density at radius 2 is 0.556 bits per heavy atom. The molecule has 0 bridgehead atoms. The number of H-pyrrole nitrogens is 1. The van der Waals surface area contributed by atoms with E-state index in [-0.39, 0.29) is 30.0 Å². The Hall–Kier alpha value is -17.2. The quantitative estimate of drug-likeness (QED) is 0.0610. The maximum Gasteiger partial charge on any atom is 1.00 e. The van der Waals surface area contributed by atoms with Crippen LogP contribution in [0.5, 0.6) is 17.2 Å². The Morgan fingerprint density at radius 3 is 0.972 bits per heavy atom. The molecular formula is C129H92LiN6O4P2+. The first-order valence-corrected chi connectivity index (χ1v) is 50.6. The van der Waals surface area contributed by atoms with Gasteiger partial charge in [-0.3, -0.25) is 0 Å². The minimum absolute atomic E-state index is 0. The summed E-state index contributed by atoms with van der Waals surface area (Å²) >= 11 is 0. The van der Waals surface area contributed by atoms with Gasteiger partial charge in [0.1, 0.15) is 11.5 Å². The monoisotopic (exact) mass is 1860 g/mol. The van der Waals surface area contributed by atoms with Gasteiger partial charge in [0.2, 0.25) is 5.52 Å². The largest absolute Gasteiger partial charge is 1.00 e. The summed E-state index contributed by atoms with van der Waals surface area (Å²) in [6, 6.07) is 185. The van der Waals surface area contributed by atoms with Crippen molar-refractivity contribution >= 4 is 113 Å². The maximum atomic E-state index is 15.2. The summed E-state index contributed by atoms with van der Waals surface area (Å²) in [6.45, 7) is 0. The van der Waals surface area contributed by atoms with Crippen molar-refractivity contribution in [2.75, 3.05) is 9.80 Å². The van der Waals surface area contributed by atoms with E-state index in [1.54, 1.807) is 18.3 Å². The second-order valence-electron chi connectivity index (χ2n) is 34.6. The number of hydrogen-bond acceptors (Lipinski definition) is 9. The van der Waals surface area contributed by atoms with Gasteiger partial charge in [0.05, 0.1) is 27.4 Å². The van der Waals surface area contributed by atoms with Gasteiger partial charge >= 0.3 is 18.9 Å². The summed E-state index contributed by atoms with van der Waals surface area (Å²) in [7, 11) is -6.63. The Balaban J connectivity index is 0.000000119. The number of ether oxygens (including phenoxy) is 1. The van der Waals surface area contributed by atoms with Gasteiger partial charge in [-0.1, -0.05) is 437 Å². The predicted molar refractivity (Wildman–Crippen MR) is 580 cm³/mol. The van der Waals surface area contributed by atoms with Crippen LogP contribution in [0.15, 0.2) is 552 Å². The van der Waals surface area contributed by atoms with Gasteiger partial charge in [-0.05, 0) is 175 Å². The number of aromatic amines is 1. The molecule has 23 aromatic rings. The number of nitrogens with zero attached hydrogens (tertiary/aromatic N) is 5. The third kappa shape index (κ3) is 17.6.